The Hall–Kier alpha value is -2.69. The molecule has 1 amide bonds. The van der Waals surface area contributed by atoms with Gasteiger partial charge in [-0.1, -0.05) is 12.1 Å². The minimum atomic E-state index is -0.0816. The number of ether oxygens (including phenoxy) is 3. The van der Waals surface area contributed by atoms with Gasteiger partial charge >= 0.3 is 0 Å². The predicted octanol–water partition coefficient (Wildman–Crippen LogP) is 2.86. The van der Waals surface area contributed by atoms with Crippen molar-refractivity contribution in [2.75, 3.05) is 48.0 Å². The van der Waals surface area contributed by atoms with E-state index in [2.05, 4.69) is 20.9 Å². The number of benzene rings is 2. The van der Waals surface area contributed by atoms with Crippen molar-refractivity contribution in [1.82, 2.24) is 16.0 Å². The van der Waals surface area contributed by atoms with Gasteiger partial charge in [-0.15, -0.1) is 24.0 Å². The van der Waals surface area contributed by atoms with E-state index in [1.54, 1.807) is 40.4 Å². The van der Waals surface area contributed by atoms with Crippen LogP contribution in [0.5, 0.6) is 17.2 Å². The van der Waals surface area contributed by atoms with E-state index < -0.39 is 0 Å². The molecule has 0 aromatic heterocycles. The maximum Gasteiger partial charge on any atom is 0.251 e. The van der Waals surface area contributed by atoms with Gasteiger partial charge in [-0.25, -0.2) is 0 Å². The minimum absolute atomic E-state index is 0. The van der Waals surface area contributed by atoms with Crippen LogP contribution in [-0.2, 0) is 6.42 Å². The van der Waals surface area contributed by atoms with Crippen molar-refractivity contribution >= 4 is 35.8 Å². The highest BCUT2D eigenvalue weighted by molar-refractivity contribution is 14.0. The van der Waals surface area contributed by atoms with E-state index in [1.807, 2.05) is 30.3 Å². The first-order valence-electron chi connectivity index (χ1n) is 10.2. The molecule has 0 heterocycles. The summed E-state index contributed by atoms with van der Waals surface area (Å²) in [6, 6.07) is 13.1. The molecule has 0 unspecified atom stereocenters. The lowest BCUT2D eigenvalue weighted by Crippen LogP contribution is -2.39. The number of hydrogen-bond donors (Lipinski definition) is 3. The Bertz CT molecular complexity index is 855. The average molecular weight is 556 g/mol. The molecule has 2 rings (SSSR count). The Balaban J connectivity index is 0.00000512. The zero-order chi connectivity index (χ0) is 22.5. The Labute approximate surface area is 207 Å². The Morgan fingerprint density at radius 1 is 0.969 bits per heavy atom. The molecule has 176 valence electrons. The number of rotatable bonds is 11. The lowest BCUT2D eigenvalue weighted by atomic mass is 10.1. The summed E-state index contributed by atoms with van der Waals surface area (Å²) in [6.45, 7) is 1.97. The summed E-state index contributed by atoms with van der Waals surface area (Å²) in [5.74, 6) is 2.74. The van der Waals surface area contributed by atoms with E-state index in [0.717, 1.165) is 24.4 Å². The van der Waals surface area contributed by atoms with Crippen LogP contribution in [0.15, 0.2) is 47.5 Å². The summed E-state index contributed by atoms with van der Waals surface area (Å²) in [4.78, 5) is 16.0. The molecule has 0 spiro atoms. The number of nitrogens with zero attached hydrogens (tertiary/aromatic N) is 1. The molecule has 0 fully saturated rings. The molecule has 0 atom stereocenters. The molecule has 0 aliphatic heterocycles. The van der Waals surface area contributed by atoms with Crippen molar-refractivity contribution in [1.29, 1.82) is 0 Å². The molecule has 0 aliphatic carbocycles. The summed E-state index contributed by atoms with van der Waals surface area (Å²) in [5, 5.41) is 9.20. The normalized spacial score (nSPS) is 10.6. The van der Waals surface area contributed by atoms with Crippen LogP contribution in [0.1, 0.15) is 22.3 Å². The third kappa shape index (κ3) is 9.21. The van der Waals surface area contributed by atoms with Crippen molar-refractivity contribution in [3.63, 3.8) is 0 Å². The van der Waals surface area contributed by atoms with E-state index in [1.165, 1.54) is 0 Å². The average Bonchev–Trinajstić information content (AvgIpc) is 2.81. The van der Waals surface area contributed by atoms with Crippen molar-refractivity contribution in [2.24, 2.45) is 4.99 Å². The number of nitrogens with one attached hydrogen (secondary N) is 3. The molecule has 9 heteroatoms. The summed E-state index contributed by atoms with van der Waals surface area (Å²) >= 11 is 0. The number of guanidine groups is 1. The minimum Gasteiger partial charge on any atom is -0.496 e. The van der Waals surface area contributed by atoms with Gasteiger partial charge in [0.05, 0.1) is 20.8 Å². The molecular formula is C23H33IN4O4. The molecule has 3 N–H and O–H groups in total. The zero-order valence-electron chi connectivity index (χ0n) is 19.1. The molecule has 2 aromatic carbocycles. The second-order valence-electron chi connectivity index (χ2n) is 6.71. The quantitative estimate of drug-likeness (QED) is 0.171. The van der Waals surface area contributed by atoms with Crippen molar-refractivity contribution in [2.45, 2.75) is 12.8 Å². The number of carbonyl (C=O) groups excluding carboxylic acids is 1. The maximum atomic E-state index is 11.7. The summed E-state index contributed by atoms with van der Waals surface area (Å²) in [7, 11) is 6.59. The molecule has 0 radical (unpaired) electrons. The van der Waals surface area contributed by atoms with E-state index in [-0.39, 0.29) is 29.9 Å². The Kier molecular flexibility index (Phi) is 13.0. The van der Waals surface area contributed by atoms with Crippen molar-refractivity contribution < 1.29 is 19.0 Å². The van der Waals surface area contributed by atoms with Gasteiger partial charge in [-0.3, -0.25) is 9.79 Å². The van der Waals surface area contributed by atoms with E-state index in [9.17, 15) is 4.79 Å². The molecule has 32 heavy (non-hydrogen) atoms. The van der Waals surface area contributed by atoms with Gasteiger partial charge in [-0.2, -0.15) is 0 Å². The fourth-order valence-electron chi connectivity index (χ4n) is 2.89. The third-order valence-corrected chi connectivity index (χ3v) is 4.55. The lowest BCUT2D eigenvalue weighted by molar-refractivity contribution is 0.0963. The summed E-state index contributed by atoms with van der Waals surface area (Å²) in [5.41, 5.74) is 1.75. The van der Waals surface area contributed by atoms with E-state index in [0.29, 0.717) is 42.5 Å². The van der Waals surface area contributed by atoms with Gasteiger partial charge in [0, 0.05) is 50.9 Å². The number of hydrogen-bond acceptors (Lipinski definition) is 5. The zero-order valence-corrected chi connectivity index (χ0v) is 21.4. The van der Waals surface area contributed by atoms with Crippen LogP contribution in [0.3, 0.4) is 0 Å². The van der Waals surface area contributed by atoms with Crippen LogP contribution in [0.4, 0.5) is 0 Å². The predicted molar refractivity (Wildman–Crippen MR) is 138 cm³/mol. The fourth-order valence-corrected chi connectivity index (χ4v) is 2.89. The standard InChI is InChI=1S/C23H32N4O4.HI/c1-24-22(28)18-8-5-7-17(13-18)9-11-27-23(25-2)26-10-6-12-31-21-15-19(29-3)14-20(16-21)30-4;/h5,7-8,13-16H,6,9-12H2,1-4H3,(H,24,28)(H2,25,26,27);1H. The van der Waals surface area contributed by atoms with Gasteiger partial charge in [-0.05, 0) is 30.5 Å². The van der Waals surface area contributed by atoms with Gasteiger partial charge in [0.25, 0.3) is 5.91 Å². The monoisotopic (exact) mass is 556 g/mol. The molecule has 2 aromatic rings. The van der Waals surface area contributed by atoms with Crippen LogP contribution < -0.4 is 30.2 Å². The Morgan fingerprint density at radius 2 is 1.62 bits per heavy atom. The first-order valence-corrected chi connectivity index (χ1v) is 10.2. The van der Waals surface area contributed by atoms with Crippen LogP contribution in [0.25, 0.3) is 0 Å². The smallest absolute Gasteiger partial charge is 0.251 e. The molecule has 0 saturated carbocycles. The largest absolute Gasteiger partial charge is 0.496 e. The highest BCUT2D eigenvalue weighted by Gasteiger charge is 2.05. The van der Waals surface area contributed by atoms with E-state index in [4.69, 9.17) is 14.2 Å². The molecule has 0 aliphatic rings. The number of amides is 1. The second-order valence-corrected chi connectivity index (χ2v) is 6.71. The van der Waals surface area contributed by atoms with Gasteiger partial charge in [0.15, 0.2) is 5.96 Å². The highest BCUT2D eigenvalue weighted by atomic mass is 127. The molecule has 8 nitrogen and oxygen atoms in total. The van der Waals surface area contributed by atoms with Gasteiger partial charge in [0.1, 0.15) is 17.2 Å². The van der Waals surface area contributed by atoms with Gasteiger partial charge < -0.3 is 30.2 Å². The SMILES string of the molecule is CN=C(NCCCOc1cc(OC)cc(OC)c1)NCCc1cccc(C(=O)NC)c1.I. The number of halogens is 1. The van der Waals surface area contributed by atoms with Crippen LogP contribution >= 0.6 is 24.0 Å². The van der Waals surface area contributed by atoms with Crippen LogP contribution in [0, 0.1) is 0 Å². The van der Waals surface area contributed by atoms with E-state index >= 15 is 0 Å². The van der Waals surface area contributed by atoms with Crippen LogP contribution in [0.2, 0.25) is 0 Å². The highest BCUT2D eigenvalue weighted by Crippen LogP contribution is 2.27. The fraction of sp³-hybridized carbons (Fsp3) is 0.391. The number of carbonyl (C=O) groups is 1. The third-order valence-electron chi connectivity index (χ3n) is 4.55. The first-order chi connectivity index (χ1) is 15.1. The van der Waals surface area contributed by atoms with Crippen molar-refractivity contribution in [3.8, 4) is 17.2 Å². The molecule has 0 saturated heterocycles. The number of aliphatic imine (C=N–C) groups is 1. The molecule has 0 bridgehead atoms. The summed E-state index contributed by atoms with van der Waals surface area (Å²) in [6.07, 6.45) is 1.58. The van der Waals surface area contributed by atoms with Gasteiger partial charge in [0.2, 0.25) is 0 Å². The summed E-state index contributed by atoms with van der Waals surface area (Å²) < 4.78 is 16.3. The molecular weight excluding hydrogens is 523 g/mol. The maximum absolute atomic E-state index is 11.7. The Morgan fingerprint density at radius 3 is 2.25 bits per heavy atom. The lowest BCUT2D eigenvalue weighted by Gasteiger charge is -2.13. The second kappa shape index (κ2) is 15.2. The topological polar surface area (TPSA) is 93.2 Å². The number of methoxy groups -OCH3 is 2. The van der Waals surface area contributed by atoms with Crippen molar-refractivity contribution in [3.05, 3.63) is 53.6 Å². The first kappa shape index (κ1) is 27.3. The van der Waals surface area contributed by atoms with Crippen LogP contribution in [-0.4, -0.2) is 59.9 Å².